The zero-order valence-electron chi connectivity index (χ0n) is 17.1. The summed E-state index contributed by atoms with van der Waals surface area (Å²) >= 11 is 0. The van der Waals surface area contributed by atoms with Crippen molar-refractivity contribution in [2.75, 3.05) is 0 Å². The normalized spacial score (nSPS) is 18.9. The maximum Gasteiger partial charge on any atom is 0.278 e. The Hall–Kier alpha value is -2.68. The molecule has 0 amide bonds. The van der Waals surface area contributed by atoms with Crippen molar-refractivity contribution in [3.8, 4) is 11.3 Å². The van der Waals surface area contributed by atoms with Crippen LogP contribution in [-0.4, -0.2) is 15.7 Å². The predicted molar refractivity (Wildman–Crippen MR) is 114 cm³/mol. The minimum Gasteiger partial charge on any atom is -0.267 e. The van der Waals surface area contributed by atoms with Crippen molar-refractivity contribution < 1.29 is 4.79 Å². The van der Waals surface area contributed by atoms with Gasteiger partial charge in [0, 0.05) is 22.6 Å². The van der Waals surface area contributed by atoms with Crippen LogP contribution in [0.3, 0.4) is 0 Å². The summed E-state index contributed by atoms with van der Waals surface area (Å²) in [5, 5.41) is 4.95. The standard InChI is InChI=1S/C25H28N2O/c1-16(2)21-15-12-18(4)22-23(21)26-27(24(22)19-8-6-5-7-9-19)25(28)20-13-10-17(3)11-14-20/h5-11,13-14,16,18,21H,12,15H2,1-4H3/t18-,21+/m1/s1. The Morgan fingerprint density at radius 1 is 1.04 bits per heavy atom. The monoisotopic (exact) mass is 372 g/mol. The molecule has 1 aliphatic rings. The molecule has 0 unspecified atom stereocenters. The van der Waals surface area contributed by atoms with Crippen molar-refractivity contribution in [3.63, 3.8) is 0 Å². The van der Waals surface area contributed by atoms with E-state index in [1.165, 1.54) is 5.56 Å². The van der Waals surface area contributed by atoms with Crippen LogP contribution in [-0.2, 0) is 0 Å². The molecule has 0 spiro atoms. The van der Waals surface area contributed by atoms with Crippen LogP contribution in [0.25, 0.3) is 11.3 Å². The van der Waals surface area contributed by atoms with E-state index >= 15 is 0 Å². The number of hydrogen-bond donors (Lipinski definition) is 0. The average Bonchev–Trinajstić information content (AvgIpc) is 3.10. The molecule has 3 heteroatoms. The molecule has 2 aromatic carbocycles. The van der Waals surface area contributed by atoms with E-state index in [4.69, 9.17) is 5.10 Å². The van der Waals surface area contributed by atoms with E-state index in [1.54, 1.807) is 4.68 Å². The van der Waals surface area contributed by atoms with E-state index < -0.39 is 0 Å². The first-order chi connectivity index (χ1) is 13.5. The molecule has 144 valence electrons. The fourth-order valence-electron chi connectivity index (χ4n) is 4.41. The number of hydrogen-bond acceptors (Lipinski definition) is 2. The number of aryl methyl sites for hydroxylation is 1. The second-order valence-corrected chi connectivity index (χ2v) is 8.43. The molecular formula is C25H28N2O. The zero-order chi connectivity index (χ0) is 19.8. The lowest BCUT2D eigenvalue weighted by Gasteiger charge is -2.28. The average molecular weight is 373 g/mol. The van der Waals surface area contributed by atoms with Crippen LogP contribution in [0, 0.1) is 12.8 Å². The van der Waals surface area contributed by atoms with Crippen molar-refractivity contribution in [1.82, 2.24) is 9.78 Å². The third-order valence-electron chi connectivity index (χ3n) is 6.05. The van der Waals surface area contributed by atoms with Gasteiger partial charge in [-0.25, -0.2) is 0 Å². The molecule has 0 radical (unpaired) electrons. The van der Waals surface area contributed by atoms with E-state index in [0.29, 0.717) is 23.3 Å². The lowest BCUT2D eigenvalue weighted by Crippen LogP contribution is -2.17. The van der Waals surface area contributed by atoms with Crippen LogP contribution in [0.5, 0.6) is 0 Å². The molecule has 2 atom stereocenters. The number of carbonyl (C=O) groups is 1. The Morgan fingerprint density at radius 2 is 1.71 bits per heavy atom. The van der Waals surface area contributed by atoms with Crippen LogP contribution in [0.2, 0.25) is 0 Å². The summed E-state index contributed by atoms with van der Waals surface area (Å²) in [5.74, 6) is 1.26. The molecule has 0 aliphatic heterocycles. The highest BCUT2D eigenvalue weighted by molar-refractivity contribution is 5.98. The van der Waals surface area contributed by atoms with Crippen molar-refractivity contribution in [2.45, 2.75) is 52.4 Å². The Balaban J connectivity index is 1.94. The van der Waals surface area contributed by atoms with Crippen LogP contribution in [0.4, 0.5) is 0 Å². The highest BCUT2D eigenvalue weighted by atomic mass is 16.2. The quantitative estimate of drug-likeness (QED) is 0.550. The highest BCUT2D eigenvalue weighted by Crippen LogP contribution is 2.46. The molecule has 1 aliphatic carbocycles. The fourth-order valence-corrected chi connectivity index (χ4v) is 4.41. The number of rotatable bonds is 3. The van der Waals surface area contributed by atoms with Gasteiger partial charge in [-0.15, -0.1) is 0 Å². The van der Waals surface area contributed by atoms with E-state index in [2.05, 4.69) is 32.9 Å². The van der Waals surface area contributed by atoms with Crippen molar-refractivity contribution in [2.24, 2.45) is 5.92 Å². The Labute approximate surface area is 167 Å². The minimum atomic E-state index is -0.0528. The van der Waals surface area contributed by atoms with Gasteiger partial charge in [-0.2, -0.15) is 9.78 Å². The summed E-state index contributed by atoms with van der Waals surface area (Å²) in [6, 6.07) is 18.0. The molecule has 1 heterocycles. The summed E-state index contributed by atoms with van der Waals surface area (Å²) in [6.07, 6.45) is 2.27. The van der Waals surface area contributed by atoms with Crippen molar-refractivity contribution >= 4 is 5.91 Å². The van der Waals surface area contributed by atoms with Crippen LogP contribution >= 0.6 is 0 Å². The van der Waals surface area contributed by atoms with E-state index in [1.807, 2.05) is 49.4 Å². The molecular weight excluding hydrogens is 344 g/mol. The summed E-state index contributed by atoms with van der Waals surface area (Å²) < 4.78 is 1.67. The fraction of sp³-hybridized carbons (Fsp3) is 0.360. The summed E-state index contributed by atoms with van der Waals surface area (Å²) in [4.78, 5) is 13.5. The van der Waals surface area contributed by atoms with Crippen LogP contribution < -0.4 is 0 Å². The first kappa shape index (κ1) is 18.7. The number of benzene rings is 2. The Morgan fingerprint density at radius 3 is 2.36 bits per heavy atom. The van der Waals surface area contributed by atoms with E-state index in [0.717, 1.165) is 35.4 Å². The summed E-state index contributed by atoms with van der Waals surface area (Å²) in [5.41, 5.74) is 6.24. The highest BCUT2D eigenvalue weighted by Gasteiger charge is 2.35. The van der Waals surface area contributed by atoms with Crippen LogP contribution in [0.15, 0.2) is 54.6 Å². The van der Waals surface area contributed by atoms with Crippen molar-refractivity contribution in [3.05, 3.63) is 77.0 Å². The summed E-state index contributed by atoms with van der Waals surface area (Å²) in [6.45, 7) is 8.82. The molecule has 3 nitrogen and oxygen atoms in total. The predicted octanol–water partition coefficient (Wildman–Crippen LogP) is 6.18. The van der Waals surface area contributed by atoms with Gasteiger partial charge >= 0.3 is 0 Å². The molecule has 3 aromatic rings. The molecule has 0 fully saturated rings. The largest absolute Gasteiger partial charge is 0.278 e. The molecule has 0 saturated heterocycles. The van der Waals surface area contributed by atoms with Gasteiger partial charge in [-0.05, 0) is 43.7 Å². The maximum atomic E-state index is 13.5. The third kappa shape index (κ3) is 3.19. The second-order valence-electron chi connectivity index (χ2n) is 8.43. The van der Waals surface area contributed by atoms with E-state index in [-0.39, 0.29) is 5.91 Å². The SMILES string of the molecule is Cc1ccc(C(=O)n2nc3c(c2-c2ccccc2)[C@H](C)CC[C@H]3C(C)C)cc1. The smallest absolute Gasteiger partial charge is 0.267 e. The molecule has 1 aromatic heterocycles. The van der Waals surface area contributed by atoms with Gasteiger partial charge in [0.15, 0.2) is 0 Å². The van der Waals surface area contributed by atoms with E-state index in [9.17, 15) is 4.79 Å². The Kier molecular flexibility index (Phi) is 4.92. The second kappa shape index (κ2) is 7.38. The Bertz CT molecular complexity index is 983. The number of fused-ring (bicyclic) bond motifs is 1. The first-order valence-electron chi connectivity index (χ1n) is 10.3. The van der Waals surface area contributed by atoms with Gasteiger partial charge in [0.25, 0.3) is 5.91 Å². The van der Waals surface area contributed by atoms with Gasteiger partial charge in [0.1, 0.15) is 0 Å². The first-order valence-corrected chi connectivity index (χ1v) is 10.3. The molecule has 0 N–H and O–H groups in total. The number of carbonyl (C=O) groups excluding carboxylic acids is 1. The molecule has 0 saturated carbocycles. The van der Waals surface area contributed by atoms with Gasteiger partial charge < -0.3 is 0 Å². The maximum absolute atomic E-state index is 13.5. The summed E-state index contributed by atoms with van der Waals surface area (Å²) in [7, 11) is 0. The topological polar surface area (TPSA) is 34.9 Å². The third-order valence-corrected chi connectivity index (χ3v) is 6.05. The molecule has 0 bridgehead atoms. The number of aromatic nitrogens is 2. The molecule has 4 rings (SSSR count). The zero-order valence-corrected chi connectivity index (χ0v) is 17.1. The van der Waals surface area contributed by atoms with Gasteiger partial charge in [0.05, 0.1) is 11.4 Å². The van der Waals surface area contributed by atoms with Crippen molar-refractivity contribution in [1.29, 1.82) is 0 Å². The van der Waals surface area contributed by atoms with Gasteiger partial charge in [0.2, 0.25) is 0 Å². The lowest BCUT2D eigenvalue weighted by molar-refractivity contribution is 0.0946. The molecule has 28 heavy (non-hydrogen) atoms. The lowest BCUT2D eigenvalue weighted by atomic mass is 9.75. The minimum absolute atomic E-state index is 0.0528. The van der Waals surface area contributed by atoms with Crippen LogP contribution in [0.1, 0.15) is 72.6 Å². The van der Waals surface area contributed by atoms with Gasteiger partial charge in [-0.1, -0.05) is 68.8 Å². The van der Waals surface area contributed by atoms with Gasteiger partial charge in [-0.3, -0.25) is 4.79 Å². The number of nitrogens with zero attached hydrogens (tertiary/aromatic N) is 2.